The summed E-state index contributed by atoms with van der Waals surface area (Å²) in [5.74, 6) is 1.14. The molecular formula is C15H24N4O2. The van der Waals surface area contributed by atoms with Crippen LogP contribution in [-0.2, 0) is 9.53 Å². The van der Waals surface area contributed by atoms with Crippen LogP contribution in [0.1, 0.15) is 37.8 Å². The van der Waals surface area contributed by atoms with E-state index in [1.165, 1.54) is 0 Å². The first kappa shape index (κ1) is 15.7. The second kappa shape index (κ2) is 7.93. The third-order valence-electron chi connectivity index (χ3n) is 3.65. The predicted octanol–water partition coefficient (Wildman–Crippen LogP) is 1.33. The Balaban J connectivity index is 1.90. The van der Waals surface area contributed by atoms with E-state index in [1.807, 2.05) is 18.0 Å². The lowest BCUT2D eigenvalue weighted by Crippen LogP contribution is -2.36. The number of carbonyl (C=O) groups is 1. The fraction of sp³-hybridized carbons (Fsp3) is 0.667. The summed E-state index contributed by atoms with van der Waals surface area (Å²) in [6, 6.07) is 1.96. The second-order valence-electron chi connectivity index (χ2n) is 5.42. The van der Waals surface area contributed by atoms with Crippen LogP contribution in [0.2, 0.25) is 0 Å². The molecule has 116 valence electrons. The maximum Gasteiger partial charge on any atom is 0.239 e. The van der Waals surface area contributed by atoms with Gasteiger partial charge in [0.25, 0.3) is 0 Å². The van der Waals surface area contributed by atoms with Crippen LogP contribution in [0.25, 0.3) is 0 Å². The van der Waals surface area contributed by atoms with Crippen molar-refractivity contribution >= 4 is 11.7 Å². The number of unbranched alkanes of at least 4 members (excludes halogenated alkanes) is 1. The van der Waals surface area contributed by atoms with Gasteiger partial charge < -0.3 is 15.0 Å². The number of rotatable bonds is 7. The van der Waals surface area contributed by atoms with Crippen LogP contribution in [0.15, 0.2) is 12.4 Å². The average molecular weight is 292 g/mol. The van der Waals surface area contributed by atoms with E-state index >= 15 is 0 Å². The van der Waals surface area contributed by atoms with Gasteiger partial charge in [-0.2, -0.15) is 0 Å². The van der Waals surface area contributed by atoms with E-state index in [1.54, 1.807) is 6.33 Å². The monoisotopic (exact) mass is 292 g/mol. The number of nitrogens with one attached hydrogen (secondary N) is 1. The predicted molar refractivity (Wildman–Crippen MR) is 81.4 cm³/mol. The molecule has 0 radical (unpaired) electrons. The molecule has 2 heterocycles. The summed E-state index contributed by atoms with van der Waals surface area (Å²) in [5.41, 5.74) is 0.996. The summed E-state index contributed by atoms with van der Waals surface area (Å²) in [7, 11) is 1.87. The molecule has 0 unspecified atom stereocenters. The van der Waals surface area contributed by atoms with E-state index in [4.69, 9.17) is 4.74 Å². The summed E-state index contributed by atoms with van der Waals surface area (Å²) in [4.78, 5) is 22.3. The summed E-state index contributed by atoms with van der Waals surface area (Å²) in [6.07, 6.45) is 4.65. The maximum atomic E-state index is 11.8. The Kier molecular flexibility index (Phi) is 5.92. The minimum Gasteiger partial charge on any atom is -0.381 e. The highest BCUT2D eigenvalue weighted by atomic mass is 16.5. The first-order valence-electron chi connectivity index (χ1n) is 7.58. The van der Waals surface area contributed by atoms with E-state index < -0.39 is 0 Å². The SMILES string of the molecule is CCCCNC(=O)CN(C)c1cc([C@H]2CCOC2)ncn1. The Labute approximate surface area is 125 Å². The molecule has 1 amide bonds. The van der Waals surface area contributed by atoms with Gasteiger partial charge in [-0.05, 0) is 12.8 Å². The van der Waals surface area contributed by atoms with Gasteiger partial charge in [-0.1, -0.05) is 13.3 Å². The molecule has 1 aromatic heterocycles. The molecule has 2 rings (SSSR count). The summed E-state index contributed by atoms with van der Waals surface area (Å²) in [5, 5.41) is 2.91. The fourth-order valence-electron chi connectivity index (χ4n) is 2.32. The number of ether oxygens (including phenoxy) is 1. The van der Waals surface area contributed by atoms with E-state index in [9.17, 15) is 4.79 Å². The molecule has 0 saturated carbocycles. The van der Waals surface area contributed by atoms with Crippen molar-refractivity contribution in [3.8, 4) is 0 Å². The van der Waals surface area contributed by atoms with Crippen molar-refractivity contribution in [3.63, 3.8) is 0 Å². The maximum absolute atomic E-state index is 11.8. The lowest BCUT2D eigenvalue weighted by atomic mass is 10.0. The third kappa shape index (κ3) is 4.67. The minimum absolute atomic E-state index is 0.0234. The molecule has 1 N–H and O–H groups in total. The smallest absolute Gasteiger partial charge is 0.239 e. The van der Waals surface area contributed by atoms with Crippen LogP contribution in [0.4, 0.5) is 5.82 Å². The Morgan fingerprint density at radius 3 is 3.10 bits per heavy atom. The molecule has 0 aliphatic carbocycles. The number of anilines is 1. The molecule has 0 bridgehead atoms. The molecule has 1 fully saturated rings. The largest absolute Gasteiger partial charge is 0.381 e. The van der Waals surface area contributed by atoms with Gasteiger partial charge in [0.2, 0.25) is 5.91 Å². The molecule has 1 aliphatic rings. The van der Waals surface area contributed by atoms with Crippen molar-refractivity contribution in [2.24, 2.45) is 0 Å². The van der Waals surface area contributed by atoms with Crippen LogP contribution in [0, 0.1) is 0 Å². The normalized spacial score (nSPS) is 17.7. The lowest BCUT2D eigenvalue weighted by Gasteiger charge is -2.18. The highest BCUT2D eigenvalue weighted by molar-refractivity contribution is 5.80. The molecule has 1 aromatic rings. The van der Waals surface area contributed by atoms with Crippen LogP contribution in [0.3, 0.4) is 0 Å². The Morgan fingerprint density at radius 1 is 1.52 bits per heavy atom. The first-order valence-corrected chi connectivity index (χ1v) is 7.58. The second-order valence-corrected chi connectivity index (χ2v) is 5.42. The average Bonchev–Trinajstić information content (AvgIpc) is 3.02. The van der Waals surface area contributed by atoms with Gasteiger partial charge in [-0.15, -0.1) is 0 Å². The first-order chi connectivity index (χ1) is 10.2. The summed E-state index contributed by atoms with van der Waals surface area (Å²) < 4.78 is 5.39. The number of carbonyl (C=O) groups excluding carboxylic acids is 1. The highest BCUT2D eigenvalue weighted by Gasteiger charge is 2.20. The zero-order chi connectivity index (χ0) is 15.1. The number of hydrogen-bond acceptors (Lipinski definition) is 5. The molecule has 0 spiro atoms. The van der Waals surface area contributed by atoms with Crippen molar-refractivity contribution in [1.29, 1.82) is 0 Å². The minimum atomic E-state index is 0.0234. The van der Waals surface area contributed by atoms with Crippen molar-refractivity contribution in [3.05, 3.63) is 18.1 Å². The molecule has 1 saturated heterocycles. The highest BCUT2D eigenvalue weighted by Crippen LogP contribution is 2.24. The van der Waals surface area contributed by atoms with Crippen molar-refractivity contribution in [2.45, 2.75) is 32.1 Å². The number of nitrogens with zero attached hydrogens (tertiary/aromatic N) is 3. The fourth-order valence-corrected chi connectivity index (χ4v) is 2.32. The quantitative estimate of drug-likeness (QED) is 0.768. The topological polar surface area (TPSA) is 67.4 Å². The molecule has 21 heavy (non-hydrogen) atoms. The number of aromatic nitrogens is 2. The van der Waals surface area contributed by atoms with Gasteiger partial charge in [-0.25, -0.2) is 9.97 Å². The van der Waals surface area contributed by atoms with Crippen molar-refractivity contribution < 1.29 is 9.53 Å². The summed E-state index contributed by atoms with van der Waals surface area (Å²) in [6.45, 7) is 4.66. The van der Waals surface area contributed by atoms with Gasteiger partial charge in [0.15, 0.2) is 0 Å². The zero-order valence-electron chi connectivity index (χ0n) is 12.8. The number of amides is 1. The Bertz CT molecular complexity index is 461. The van der Waals surface area contributed by atoms with Gasteiger partial charge in [0.05, 0.1) is 18.8 Å². The molecular weight excluding hydrogens is 268 g/mol. The number of hydrogen-bond donors (Lipinski definition) is 1. The Morgan fingerprint density at radius 2 is 2.38 bits per heavy atom. The molecule has 6 heteroatoms. The van der Waals surface area contributed by atoms with E-state index in [2.05, 4.69) is 22.2 Å². The van der Waals surface area contributed by atoms with E-state index in [-0.39, 0.29) is 5.91 Å². The van der Waals surface area contributed by atoms with E-state index in [0.29, 0.717) is 12.5 Å². The van der Waals surface area contributed by atoms with Crippen LogP contribution in [0.5, 0.6) is 0 Å². The van der Waals surface area contributed by atoms with Crippen molar-refractivity contribution in [2.75, 3.05) is 38.3 Å². The van der Waals surface area contributed by atoms with E-state index in [0.717, 1.165) is 50.5 Å². The van der Waals surface area contributed by atoms with Gasteiger partial charge in [0, 0.05) is 32.2 Å². The zero-order valence-corrected chi connectivity index (χ0v) is 12.8. The third-order valence-corrected chi connectivity index (χ3v) is 3.65. The molecule has 0 aromatic carbocycles. The molecule has 1 aliphatic heterocycles. The summed E-state index contributed by atoms with van der Waals surface area (Å²) >= 11 is 0. The molecule has 1 atom stereocenters. The van der Waals surface area contributed by atoms with Gasteiger partial charge >= 0.3 is 0 Å². The van der Waals surface area contributed by atoms with Gasteiger partial charge in [0.1, 0.15) is 12.1 Å². The van der Waals surface area contributed by atoms with Crippen LogP contribution >= 0.6 is 0 Å². The number of likely N-dealkylation sites (N-methyl/N-ethyl adjacent to an activating group) is 1. The van der Waals surface area contributed by atoms with Crippen LogP contribution < -0.4 is 10.2 Å². The van der Waals surface area contributed by atoms with Crippen molar-refractivity contribution in [1.82, 2.24) is 15.3 Å². The lowest BCUT2D eigenvalue weighted by molar-refractivity contribution is -0.119. The van der Waals surface area contributed by atoms with Crippen LogP contribution in [-0.4, -0.2) is 49.2 Å². The standard InChI is InChI=1S/C15H24N4O2/c1-3-4-6-16-15(20)9-19(2)14-8-13(17-11-18-14)12-5-7-21-10-12/h8,11-12H,3-7,9-10H2,1-2H3,(H,16,20)/t12-/m0/s1. The van der Waals surface area contributed by atoms with Gasteiger partial charge in [-0.3, -0.25) is 4.79 Å². The molecule has 6 nitrogen and oxygen atoms in total. The Hall–Kier alpha value is -1.69.